The fourth-order valence-electron chi connectivity index (χ4n) is 3.76. The maximum absolute atomic E-state index is 12.2. The third-order valence-electron chi connectivity index (χ3n) is 4.70. The lowest BCUT2D eigenvalue weighted by molar-refractivity contribution is -0.151. The van der Waals surface area contributed by atoms with Crippen LogP contribution < -0.4 is 0 Å². The van der Waals surface area contributed by atoms with Crippen LogP contribution in [0, 0.1) is 5.92 Å². The molecule has 0 aromatic heterocycles. The van der Waals surface area contributed by atoms with Crippen molar-refractivity contribution in [2.45, 2.75) is 70.4 Å². The van der Waals surface area contributed by atoms with Gasteiger partial charge in [0.25, 0.3) is 0 Å². The zero-order valence-electron chi connectivity index (χ0n) is 12.1. The first kappa shape index (κ1) is 14.4. The first-order valence-corrected chi connectivity index (χ1v) is 7.58. The lowest BCUT2D eigenvalue weighted by atomic mass is 9.82. The van der Waals surface area contributed by atoms with Crippen molar-refractivity contribution in [2.75, 3.05) is 7.11 Å². The van der Waals surface area contributed by atoms with Gasteiger partial charge in [-0.15, -0.1) is 0 Å². The third kappa shape index (κ3) is 2.93. The number of hydrogen-bond acceptors (Lipinski definition) is 3. The summed E-state index contributed by atoms with van der Waals surface area (Å²) in [6, 6.07) is -0.122. The summed E-state index contributed by atoms with van der Waals surface area (Å²) >= 11 is 0. The molecule has 2 atom stereocenters. The zero-order valence-corrected chi connectivity index (χ0v) is 12.1. The van der Waals surface area contributed by atoms with E-state index < -0.39 is 0 Å². The smallest absolute Gasteiger partial charge is 0.328 e. The quantitative estimate of drug-likeness (QED) is 0.735. The van der Waals surface area contributed by atoms with E-state index in [1.165, 1.54) is 39.2 Å². The lowest BCUT2D eigenvalue weighted by Crippen LogP contribution is -2.49. The van der Waals surface area contributed by atoms with Crippen molar-refractivity contribution in [3.8, 4) is 0 Å². The van der Waals surface area contributed by atoms with Gasteiger partial charge < -0.3 is 9.64 Å². The van der Waals surface area contributed by atoms with Gasteiger partial charge >= 0.3 is 5.97 Å². The minimum absolute atomic E-state index is 0.132. The number of rotatable bonds is 4. The summed E-state index contributed by atoms with van der Waals surface area (Å²) < 4.78 is 4.86. The number of ether oxygens (including phenoxy) is 1. The van der Waals surface area contributed by atoms with Gasteiger partial charge in [0.15, 0.2) is 0 Å². The molecule has 1 heterocycles. The van der Waals surface area contributed by atoms with Crippen LogP contribution in [-0.2, 0) is 14.3 Å². The maximum atomic E-state index is 12.2. The lowest BCUT2D eigenvalue weighted by Gasteiger charge is -2.38. The van der Waals surface area contributed by atoms with E-state index in [-0.39, 0.29) is 24.0 Å². The van der Waals surface area contributed by atoms with E-state index in [2.05, 4.69) is 6.92 Å². The van der Waals surface area contributed by atoms with Crippen molar-refractivity contribution < 1.29 is 14.3 Å². The molecule has 4 heteroatoms. The largest absolute Gasteiger partial charge is 0.467 e. The molecular weight excluding hydrogens is 242 g/mol. The number of hydrogen-bond donors (Lipinski definition) is 0. The summed E-state index contributed by atoms with van der Waals surface area (Å²) in [5, 5.41) is 0. The Hall–Kier alpha value is -1.06. The molecule has 0 spiro atoms. The Morgan fingerprint density at radius 1 is 1.32 bits per heavy atom. The minimum atomic E-state index is -0.343. The van der Waals surface area contributed by atoms with Gasteiger partial charge in [0.2, 0.25) is 5.91 Å². The fraction of sp³-hybridized carbons (Fsp3) is 0.867. The van der Waals surface area contributed by atoms with Crippen LogP contribution >= 0.6 is 0 Å². The Morgan fingerprint density at radius 2 is 2.00 bits per heavy atom. The van der Waals surface area contributed by atoms with E-state index in [9.17, 15) is 9.59 Å². The average Bonchev–Trinajstić information content (AvgIpc) is 2.82. The molecule has 1 saturated carbocycles. The van der Waals surface area contributed by atoms with Crippen LogP contribution in [0.3, 0.4) is 0 Å². The summed E-state index contributed by atoms with van der Waals surface area (Å²) in [5.74, 6) is 0.445. The van der Waals surface area contributed by atoms with Crippen LogP contribution in [0.5, 0.6) is 0 Å². The molecule has 0 radical (unpaired) electrons. The highest BCUT2D eigenvalue weighted by Gasteiger charge is 2.42. The van der Waals surface area contributed by atoms with Gasteiger partial charge in [-0.05, 0) is 31.6 Å². The fourth-order valence-corrected chi connectivity index (χ4v) is 3.76. The average molecular weight is 267 g/mol. The standard InChI is InChI=1S/C15H25NO3/c1-3-12(11-7-5-4-6-8-11)16-13(15(18)19-2)9-10-14(16)17/h11-13H,3-10H2,1-2H3. The number of methoxy groups -OCH3 is 1. The van der Waals surface area contributed by atoms with Crippen LogP contribution in [-0.4, -0.2) is 36.0 Å². The van der Waals surface area contributed by atoms with Crippen LogP contribution in [0.1, 0.15) is 58.3 Å². The van der Waals surface area contributed by atoms with Gasteiger partial charge in [-0.25, -0.2) is 4.79 Å². The molecule has 1 saturated heterocycles. The van der Waals surface area contributed by atoms with Crippen LogP contribution in [0.25, 0.3) is 0 Å². The molecule has 2 rings (SSSR count). The highest BCUT2D eigenvalue weighted by molar-refractivity contribution is 5.88. The second kappa shape index (κ2) is 6.40. The minimum Gasteiger partial charge on any atom is -0.467 e. The van der Waals surface area contributed by atoms with E-state index in [1.807, 2.05) is 4.90 Å². The van der Waals surface area contributed by atoms with Crippen molar-refractivity contribution in [1.29, 1.82) is 0 Å². The third-order valence-corrected chi connectivity index (χ3v) is 4.70. The monoisotopic (exact) mass is 267 g/mol. The Morgan fingerprint density at radius 3 is 2.58 bits per heavy atom. The van der Waals surface area contributed by atoms with Gasteiger partial charge in [-0.1, -0.05) is 26.2 Å². The molecule has 2 fully saturated rings. The van der Waals surface area contributed by atoms with E-state index in [1.54, 1.807) is 0 Å². The van der Waals surface area contributed by atoms with Gasteiger partial charge in [0.05, 0.1) is 7.11 Å². The number of nitrogens with zero attached hydrogens (tertiary/aromatic N) is 1. The highest BCUT2D eigenvalue weighted by Crippen LogP contribution is 2.34. The van der Waals surface area contributed by atoms with Crippen LogP contribution in [0.4, 0.5) is 0 Å². The van der Waals surface area contributed by atoms with Crippen LogP contribution in [0.15, 0.2) is 0 Å². The van der Waals surface area contributed by atoms with Gasteiger partial charge in [0, 0.05) is 12.5 Å². The Kier molecular flexibility index (Phi) is 4.83. The molecule has 4 nitrogen and oxygen atoms in total. The number of carbonyl (C=O) groups is 2. The van der Waals surface area contributed by atoms with E-state index in [0.29, 0.717) is 18.8 Å². The van der Waals surface area contributed by atoms with E-state index >= 15 is 0 Å². The molecule has 1 aliphatic carbocycles. The number of amides is 1. The maximum Gasteiger partial charge on any atom is 0.328 e. The van der Waals surface area contributed by atoms with Crippen molar-refractivity contribution >= 4 is 11.9 Å². The molecular formula is C15H25NO3. The van der Waals surface area contributed by atoms with Crippen molar-refractivity contribution in [1.82, 2.24) is 4.90 Å². The summed E-state index contributed by atoms with van der Waals surface area (Å²) in [6.07, 6.45) is 8.24. The SMILES string of the molecule is CCC(C1CCCCC1)N1C(=O)CCC1C(=O)OC. The Bertz CT molecular complexity index is 336. The van der Waals surface area contributed by atoms with E-state index in [0.717, 1.165) is 6.42 Å². The number of likely N-dealkylation sites (tertiary alicyclic amines) is 1. The Balaban J connectivity index is 2.14. The Labute approximate surface area is 115 Å². The molecule has 0 bridgehead atoms. The molecule has 2 unspecified atom stereocenters. The normalized spacial score (nSPS) is 26.5. The summed E-state index contributed by atoms with van der Waals surface area (Å²) in [7, 11) is 1.41. The molecule has 0 aromatic rings. The molecule has 0 aromatic carbocycles. The van der Waals surface area contributed by atoms with Gasteiger partial charge in [0.1, 0.15) is 6.04 Å². The predicted octanol–water partition coefficient (Wildman–Crippen LogP) is 2.51. The predicted molar refractivity (Wildman–Crippen MR) is 72.5 cm³/mol. The zero-order chi connectivity index (χ0) is 13.8. The first-order valence-electron chi connectivity index (χ1n) is 7.58. The molecule has 0 N–H and O–H groups in total. The highest BCUT2D eigenvalue weighted by atomic mass is 16.5. The molecule has 108 valence electrons. The van der Waals surface area contributed by atoms with Crippen molar-refractivity contribution in [2.24, 2.45) is 5.92 Å². The summed E-state index contributed by atoms with van der Waals surface area (Å²) in [5.41, 5.74) is 0. The summed E-state index contributed by atoms with van der Waals surface area (Å²) in [4.78, 5) is 25.9. The number of esters is 1. The van der Waals surface area contributed by atoms with Crippen molar-refractivity contribution in [3.63, 3.8) is 0 Å². The van der Waals surface area contributed by atoms with Gasteiger partial charge in [-0.2, -0.15) is 0 Å². The second-order valence-electron chi connectivity index (χ2n) is 5.75. The summed E-state index contributed by atoms with van der Waals surface area (Å²) in [6.45, 7) is 2.12. The molecule has 1 amide bonds. The van der Waals surface area contributed by atoms with Crippen LogP contribution in [0.2, 0.25) is 0 Å². The molecule has 1 aliphatic heterocycles. The molecule has 19 heavy (non-hydrogen) atoms. The first-order chi connectivity index (χ1) is 9.19. The number of carbonyl (C=O) groups excluding carboxylic acids is 2. The molecule has 2 aliphatic rings. The topological polar surface area (TPSA) is 46.6 Å². The van der Waals surface area contributed by atoms with E-state index in [4.69, 9.17) is 4.74 Å². The second-order valence-corrected chi connectivity index (χ2v) is 5.75. The van der Waals surface area contributed by atoms with Crippen molar-refractivity contribution in [3.05, 3.63) is 0 Å². The van der Waals surface area contributed by atoms with Gasteiger partial charge in [-0.3, -0.25) is 4.79 Å².